The van der Waals surface area contributed by atoms with Gasteiger partial charge in [0.2, 0.25) is 0 Å². The van der Waals surface area contributed by atoms with E-state index in [1.807, 2.05) is 32.0 Å². The molecule has 2 aromatic carbocycles. The third-order valence-corrected chi connectivity index (χ3v) is 6.34. The van der Waals surface area contributed by atoms with Crippen molar-refractivity contribution in [3.05, 3.63) is 69.7 Å². The number of benzene rings is 2. The summed E-state index contributed by atoms with van der Waals surface area (Å²) in [6.45, 7) is 8.75. The maximum absolute atomic E-state index is 11.9. The summed E-state index contributed by atoms with van der Waals surface area (Å²) in [5.41, 5.74) is 4.14. The van der Waals surface area contributed by atoms with Gasteiger partial charge in [-0.05, 0) is 42.5 Å². The van der Waals surface area contributed by atoms with Crippen molar-refractivity contribution in [2.45, 2.75) is 71.9 Å². The molecule has 0 spiro atoms. The molecule has 0 bridgehead atoms. The third-order valence-electron chi connectivity index (χ3n) is 5.97. The second-order valence-corrected chi connectivity index (χ2v) is 8.93. The van der Waals surface area contributed by atoms with Crippen molar-refractivity contribution in [2.75, 3.05) is 0 Å². The molecule has 1 fully saturated rings. The largest absolute Gasteiger partial charge is 0.458 e. The number of aryl methyl sites for hydroxylation is 1. The lowest BCUT2D eigenvalue weighted by Gasteiger charge is -2.44. The molecule has 3 rings (SSSR count). The second-order valence-electron chi connectivity index (χ2n) is 8.52. The molecule has 0 aromatic heterocycles. The summed E-state index contributed by atoms with van der Waals surface area (Å²) in [7, 11) is 0. The molecule has 0 aliphatic carbocycles. The van der Waals surface area contributed by atoms with Crippen molar-refractivity contribution in [3.8, 4) is 0 Å². The molecule has 2 aromatic rings. The van der Waals surface area contributed by atoms with Crippen LogP contribution in [0.15, 0.2) is 42.5 Å². The van der Waals surface area contributed by atoms with Crippen LogP contribution in [0, 0.1) is 12.8 Å². The van der Waals surface area contributed by atoms with Gasteiger partial charge in [-0.15, -0.1) is 0 Å². The van der Waals surface area contributed by atoms with E-state index in [1.54, 1.807) is 0 Å². The lowest BCUT2D eigenvalue weighted by Crippen LogP contribution is -2.52. The van der Waals surface area contributed by atoms with E-state index in [1.165, 1.54) is 19.4 Å². The fourth-order valence-electron chi connectivity index (χ4n) is 4.33. The van der Waals surface area contributed by atoms with Crippen molar-refractivity contribution in [3.63, 3.8) is 0 Å². The molecular weight excluding hydrogens is 428 g/mol. The van der Waals surface area contributed by atoms with E-state index in [0.29, 0.717) is 11.4 Å². The molecule has 1 saturated heterocycles. The summed E-state index contributed by atoms with van der Waals surface area (Å²) in [6, 6.07) is 14.0. The first-order chi connectivity index (χ1) is 15.2. The molecule has 1 heterocycles. The number of rotatable bonds is 6. The van der Waals surface area contributed by atoms with E-state index in [-0.39, 0.29) is 12.0 Å². The Balaban J connectivity index is 1.98. The molecule has 0 radical (unpaired) electrons. The Kier molecular flexibility index (Phi) is 7.96. The molecular formula is C26H31ClO5. The molecule has 32 heavy (non-hydrogen) atoms. The number of carbonyl (C=O) groups is 2. The maximum Gasteiger partial charge on any atom is 0.303 e. The summed E-state index contributed by atoms with van der Waals surface area (Å²) < 4.78 is 17.7. The first-order valence-electron chi connectivity index (χ1n) is 11.0. The molecule has 0 amide bonds. The van der Waals surface area contributed by atoms with E-state index in [4.69, 9.17) is 25.8 Å². The van der Waals surface area contributed by atoms with Crippen LogP contribution >= 0.6 is 11.6 Å². The van der Waals surface area contributed by atoms with Crippen LogP contribution in [0.1, 0.15) is 62.5 Å². The first kappa shape index (κ1) is 24.3. The standard InChI is InChI=1S/C26H31ClO5/c1-6-23-16(3)24(30-17(4)28)26(31-18(5)29)25(32-23)20-11-12-22(27)21(14-20)13-19-9-7-15(2)8-10-19/h7-12,14,16,23-26H,6,13H2,1-5H3/t16-,23-,24+,25+,26-/m1/s1. The van der Waals surface area contributed by atoms with Crippen molar-refractivity contribution < 1.29 is 23.8 Å². The molecule has 0 unspecified atom stereocenters. The Hall–Kier alpha value is -2.37. The predicted octanol–water partition coefficient (Wildman–Crippen LogP) is 5.59. The molecule has 0 saturated carbocycles. The van der Waals surface area contributed by atoms with Gasteiger partial charge in [0, 0.05) is 24.8 Å². The highest BCUT2D eigenvalue weighted by Gasteiger charge is 2.47. The minimum absolute atomic E-state index is 0.121. The highest BCUT2D eigenvalue weighted by Crippen LogP contribution is 2.40. The number of hydrogen-bond donors (Lipinski definition) is 0. The van der Waals surface area contributed by atoms with Crippen LogP contribution in [0.25, 0.3) is 0 Å². The van der Waals surface area contributed by atoms with Gasteiger partial charge in [0.15, 0.2) is 6.10 Å². The highest BCUT2D eigenvalue weighted by molar-refractivity contribution is 6.31. The van der Waals surface area contributed by atoms with E-state index in [2.05, 4.69) is 31.2 Å². The molecule has 1 aliphatic heterocycles. The Morgan fingerprint density at radius 1 is 1.00 bits per heavy atom. The molecule has 6 heteroatoms. The number of esters is 2. The van der Waals surface area contributed by atoms with Crippen LogP contribution in [-0.2, 0) is 30.2 Å². The fraction of sp³-hybridized carbons (Fsp3) is 0.462. The van der Waals surface area contributed by atoms with Crippen LogP contribution < -0.4 is 0 Å². The van der Waals surface area contributed by atoms with Crippen molar-refractivity contribution in [1.29, 1.82) is 0 Å². The Morgan fingerprint density at radius 2 is 1.62 bits per heavy atom. The average Bonchev–Trinajstić information content (AvgIpc) is 2.73. The third kappa shape index (κ3) is 5.70. The van der Waals surface area contributed by atoms with Gasteiger partial charge in [-0.2, -0.15) is 0 Å². The van der Waals surface area contributed by atoms with Gasteiger partial charge in [0.05, 0.1) is 6.10 Å². The minimum Gasteiger partial charge on any atom is -0.458 e. The van der Waals surface area contributed by atoms with Crippen LogP contribution in [0.2, 0.25) is 5.02 Å². The molecule has 0 N–H and O–H groups in total. The van der Waals surface area contributed by atoms with Gasteiger partial charge in [0.1, 0.15) is 12.2 Å². The van der Waals surface area contributed by atoms with E-state index >= 15 is 0 Å². The normalized spacial score (nSPS) is 25.2. The zero-order chi connectivity index (χ0) is 23.4. The van der Waals surface area contributed by atoms with Gasteiger partial charge in [-0.1, -0.05) is 67.4 Å². The van der Waals surface area contributed by atoms with E-state index in [0.717, 1.165) is 23.1 Å². The van der Waals surface area contributed by atoms with Crippen molar-refractivity contribution in [1.82, 2.24) is 0 Å². The van der Waals surface area contributed by atoms with Gasteiger partial charge in [-0.25, -0.2) is 0 Å². The smallest absolute Gasteiger partial charge is 0.303 e. The lowest BCUT2D eigenvalue weighted by molar-refractivity contribution is -0.225. The van der Waals surface area contributed by atoms with Gasteiger partial charge in [-0.3, -0.25) is 9.59 Å². The van der Waals surface area contributed by atoms with Crippen LogP contribution in [0.5, 0.6) is 0 Å². The Labute approximate surface area is 195 Å². The maximum atomic E-state index is 11.9. The predicted molar refractivity (Wildman–Crippen MR) is 124 cm³/mol. The number of hydrogen-bond acceptors (Lipinski definition) is 5. The van der Waals surface area contributed by atoms with Crippen molar-refractivity contribution >= 4 is 23.5 Å². The van der Waals surface area contributed by atoms with E-state index in [9.17, 15) is 9.59 Å². The summed E-state index contributed by atoms with van der Waals surface area (Å²) in [6.07, 6.45) is -0.657. The summed E-state index contributed by atoms with van der Waals surface area (Å²) in [4.78, 5) is 23.8. The molecule has 1 aliphatic rings. The Morgan fingerprint density at radius 3 is 2.22 bits per heavy atom. The molecule has 172 valence electrons. The zero-order valence-corrected chi connectivity index (χ0v) is 20.0. The molecule has 5 nitrogen and oxygen atoms in total. The van der Waals surface area contributed by atoms with Gasteiger partial charge >= 0.3 is 11.9 Å². The second kappa shape index (κ2) is 10.5. The SMILES string of the molecule is CC[C@H]1O[C@@H](c2ccc(Cl)c(Cc3ccc(C)cc3)c2)[C@H](OC(C)=O)[C@@H](OC(C)=O)[C@@H]1C. The van der Waals surface area contributed by atoms with E-state index < -0.39 is 30.3 Å². The fourth-order valence-corrected chi connectivity index (χ4v) is 4.51. The van der Waals surface area contributed by atoms with Gasteiger partial charge < -0.3 is 14.2 Å². The molecule has 5 atom stereocenters. The van der Waals surface area contributed by atoms with Crippen LogP contribution in [0.4, 0.5) is 0 Å². The van der Waals surface area contributed by atoms with Crippen molar-refractivity contribution in [2.24, 2.45) is 5.92 Å². The topological polar surface area (TPSA) is 61.8 Å². The van der Waals surface area contributed by atoms with Gasteiger partial charge in [0.25, 0.3) is 0 Å². The number of halogens is 1. The Bertz CT molecular complexity index is 955. The minimum atomic E-state index is -0.748. The zero-order valence-electron chi connectivity index (χ0n) is 19.3. The quantitative estimate of drug-likeness (QED) is 0.528. The lowest BCUT2D eigenvalue weighted by atomic mass is 9.84. The summed E-state index contributed by atoms with van der Waals surface area (Å²) >= 11 is 6.52. The average molecular weight is 459 g/mol. The number of carbonyl (C=O) groups excluding carboxylic acids is 2. The number of ether oxygens (including phenoxy) is 3. The summed E-state index contributed by atoms with van der Waals surface area (Å²) in [5, 5.41) is 0.658. The van der Waals surface area contributed by atoms with Crippen LogP contribution in [0.3, 0.4) is 0 Å². The van der Waals surface area contributed by atoms with Crippen LogP contribution in [-0.4, -0.2) is 30.3 Å². The highest BCUT2D eigenvalue weighted by atomic mass is 35.5. The summed E-state index contributed by atoms with van der Waals surface area (Å²) in [5.74, 6) is -0.980. The monoisotopic (exact) mass is 458 g/mol. The first-order valence-corrected chi connectivity index (χ1v) is 11.4.